The molecule has 9 nitrogen and oxygen atoms in total. The van der Waals surface area contributed by atoms with Gasteiger partial charge in [-0.25, -0.2) is 14.6 Å². The van der Waals surface area contributed by atoms with E-state index in [2.05, 4.69) is 11.9 Å². The molecule has 0 bridgehead atoms. The molecule has 1 saturated heterocycles. The molecule has 1 fully saturated rings. The summed E-state index contributed by atoms with van der Waals surface area (Å²) in [6.07, 6.45) is 1.65. The van der Waals surface area contributed by atoms with Crippen LogP contribution in [-0.2, 0) is 4.74 Å². The van der Waals surface area contributed by atoms with Gasteiger partial charge in [0.05, 0.1) is 23.3 Å². The molecule has 27 heavy (non-hydrogen) atoms. The van der Waals surface area contributed by atoms with Crippen LogP contribution in [-0.4, -0.2) is 53.3 Å². The Hall–Kier alpha value is -2.97. The maximum absolute atomic E-state index is 12.5. The Morgan fingerprint density at radius 1 is 1.33 bits per heavy atom. The van der Waals surface area contributed by atoms with E-state index >= 15 is 0 Å². The molecule has 2 aromatic rings. The molecule has 1 aliphatic heterocycles. The number of nitrogens with two attached hydrogens (primary N) is 2. The van der Waals surface area contributed by atoms with E-state index in [4.69, 9.17) is 16.2 Å². The van der Waals surface area contributed by atoms with Gasteiger partial charge in [0.1, 0.15) is 0 Å². The summed E-state index contributed by atoms with van der Waals surface area (Å²) >= 11 is 0. The molecule has 0 radical (unpaired) electrons. The van der Waals surface area contributed by atoms with Gasteiger partial charge in [0.15, 0.2) is 0 Å². The maximum atomic E-state index is 12.5. The van der Waals surface area contributed by atoms with E-state index in [1.54, 1.807) is 16.8 Å². The lowest BCUT2D eigenvalue weighted by Gasteiger charge is -2.21. The summed E-state index contributed by atoms with van der Waals surface area (Å²) in [6.45, 7) is 3.70. The van der Waals surface area contributed by atoms with Crippen molar-refractivity contribution in [3.63, 3.8) is 0 Å². The van der Waals surface area contributed by atoms with Crippen molar-refractivity contribution in [2.45, 2.75) is 32.2 Å². The first-order valence-corrected chi connectivity index (χ1v) is 9.11. The van der Waals surface area contributed by atoms with Crippen molar-refractivity contribution in [1.29, 1.82) is 0 Å². The predicted octanol–water partition coefficient (Wildman–Crippen LogP) is 2.32. The number of primary amides is 1. The second-order valence-corrected chi connectivity index (χ2v) is 6.85. The van der Waals surface area contributed by atoms with Crippen LogP contribution in [0.2, 0.25) is 0 Å². The van der Waals surface area contributed by atoms with Gasteiger partial charge in [-0.2, -0.15) is 0 Å². The molecule has 9 heteroatoms. The van der Waals surface area contributed by atoms with Gasteiger partial charge < -0.3 is 25.7 Å². The molecule has 3 amide bonds. The topological polar surface area (TPSA) is 120 Å². The minimum absolute atomic E-state index is 0.0231. The molecule has 0 saturated carbocycles. The number of para-hydroxylation sites is 1. The number of hydrogen-bond donors (Lipinski definition) is 2. The molecule has 1 aromatic heterocycles. The number of fused-ring (bicyclic) bond motifs is 1. The number of urea groups is 1. The fraction of sp³-hybridized carbons (Fsp3) is 0.500. The zero-order chi connectivity index (χ0) is 19.6. The summed E-state index contributed by atoms with van der Waals surface area (Å²) in [5, 5.41) is 0. The minimum atomic E-state index is -0.752. The smallest absolute Gasteiger partial charge is 0.404 e. The fourth-order valence-electron chi connectivity index (χ4n) is 3.53. The van der Waals surface area contributed by atoms with E-state index in [0.29, 0.717) is 25.6 Å². The number of amides is 3. The number of nitrogen functional groups attached to an aromatic ring is 1. The number of carbonyl (C=O) groups excluding carboxylic acids is 2. The van der Waals surface area contributed by atoms with Crippen LogP contribution in [0.3, 0.4) is 0 Å². The average Bonchev–Trinajstić information content (AvgIpc) is 3.13. The van der Waals surface area contributed by atoms with Crippen LogP contribution in [0.1, 0.15) is 32.2 Å². The van der Waals surface area contributed by atoms with E-state index in [0.717, 1.165) is 36.0 Å². The van der Waals surface area contributed by atoms with Crippen molar-refractivity contribution >= 4 is 34.8 Å². The molecule has 1 aromatic carbocycles. The first-order valence-electron chi connectivity index (χ1n) is 9.11. The highest BCUT2D eigenvalue weighted by atomic mass is 16.5. The number of hydrogen-bond acceptors (Lipinski definition) is 5. The molecule has 0 spiro atoms. The highest BCUT2D eigenvalue weighted by Crippen LogP contribution is 2.34. The largest absolute Gasteiger partial charge is 0.450 e. The summed E-state index contributed by atoms with van der Waals surface area (Å²) in [5.74, 6) is 0.429. The molecule has 146 valence electrons. The molecule has 4 N–H and O–H groups in total. The highest BCUT2D eigenvalue weighted by molar-refractivity contribution is 6.02. The predicted molar refractivity (Wildman–Crippen MR) is 104 cm³/mol. The lowest BCUT2D eigenvalue weighted by atomic mass is 10.1. The minimum Gasteiger partial charge on any atom is -0.450 e. The van der Waals surface area contributed by atoms with E-state index in [1.165, 1.54) is 0 Å². The lowest BCUT2D eigenvalue weighted by Crippen LogP contribution is -2.29. The number of aromatic nitrogens is 2. The van der Waals surface area contributed by atoms with Crippen molar-refractivity contribution in [2.75, 3.05) is 37.4 Å². The standard InChI is InChI=1S/C18H26N6O3/c1-12(6-3-4-11-27-17(20)25)24-15-13(21-16(24)19)7-5-8-14(15)23-10-9-22(2)18(23)26/h5,7-8,12H,3-4,6,9-11H2,1-2H3,(H2,19,21)(H2,20,25). The van der Waals surface area contributed by atoms with Gasteiger partial charge in [-0.15, -0.1) is 0 Å². The lowest BCUT2D eigenvalue weighted by molar-refractivity contribution is 0.154. The number of carbonyl (C=O) groups is 2. The van der Waals surface area contributed by atoms with Crippen LogP contribution < -0.4 is 16.4 Å². The number of nitrogens with zero attached hydrogens (tertiary/aromatic N) is 4. The van der Waals surface area contributed by atoms with Crippen molar-refractivity contribution in [3.8, 4) is 0 Å². The van der Waals surface area contributed by atoms with E-state index < -0.39 is 6.09 Å². The Labute approximate surface area is 157 Å². The molecule has 1 unspecified atom stereocenters. The second-order valence-electron chi connectivity index (χ2n) is 6.85. The normalized spacial score (nSPS) is 15.6. The highest BCUT2D eigenvalue weighted by Gasteiger charge is 2.29. The van der Waals surface area contributed by atoms with Gasteiger partial charge in [-0.3, -0.25) is 4.90 Å². The van der Waals surface area contributed by atoms with Crippen molar-refractivity contribution < 1.29 is 14.3 Å². The number of ether oxygens (including phenoxy) is 1. The number of likely N-dealkylation sites (N-methyl/N-ethyl adjacent to an activating group) is 1. The second kappa shape index (κ2) is 7.73. The molecule has 0 aliphatic carbocycles. The molecular formula is C18H26N6O3. The summed E-state index contributed by atoms with van der Waals surface area (Å²) < 4.78 is 6.75. The fourth-order valence-corrected chi connectivity index (χ4v) is 3.53. The Morgan fingerprint density at radius 2 is 2.11 bits per heavy atom. The molecule has 1 atom stereocenters. The SMILES string of the molecule is CC(CCCCOC(N)=O)n1c(N)nc2cccc(N3CCN(C)C3=O)c21. The van der Waals surface area contributed by atoms with Crippen LogP contribution in [0.4, 0.5) is 21.2 Å². The van der Waals surface area contributed by atoms with Gasteiger partial charge in [0.25, 0.3) is 0 Å². The van der Waals surface area contributed by atoms with Crippen LogP contribution in [0, 0.1) is 0 Å². The number of rotatable bonds is 7. The number of unbranched alkanes of at least 4 members (excludes halogenated alkanes) is 1. The number of imidazole rings is 1. The summed E-state index contributed by atoms with van der Waals surface area (Å²) in [5.41, 5.74) is 13.6. The molecule has 1 aliphatic rings. The van der Waals surface area contributed by atoms with E-state index in [-0.39, 0.29) is 12.1 Å². The first-order chi connectivity index (χ1) is 12.9. The van der Waals surface area contributed by atoms with Gasteiger partial charge in [0, 0.05) is 26.2 Å². The van der Waals surface area contributed by atoms with Crippen molar-refractivity contribution in [3.05, 3.63) is 18.2 Å². The van der Waals surface area contributed by atoms with Gasteiger partial charge >= 0.3 is 12.1 Å². The van der Waals surface area contributed by atoms with Crippen molar-refractivity contribution in [1.82, 2.24) is 14.5 Å². The molecular weight excluding hydrogens is 348 g/mol. The Bertz CT molecular complexity index is 849. The average molecular weight is 374 g/mol. The zero-order valence-corrected chi connectivity index (χ0v) is 15.7. The van der Waals surface area contributed by atoms with Crippen LogP contribution in [0.15, 0.2) is 18.2 Å². The van der Waals surface area contributed by atoms with Gasteiger partial charge in [-0.1, -0.05) is 6.07 Å². The summed E-state index contributed by atoms with van der Waals surface area (Å²) in [6, 6.07) is 5.80. The van der Waals surface area contributed by atoms with Crippen LogP contribution >= 0.6 is 0 Å². The third-order valence-corrected chi connectivity index (χ3v) is 4.92. The Kier molecular flexibility index (Phi) is 5.38. The third kappa shape index (κ3) is 3.76. The van der Waals surface area contributed by atoms with Gasteiger partial charge in [-0.05, 0) is 38.3 Å². The Balaban J connectivity index is 1.83. The van der Waals surface area contributed by atoms with E-state index in [1.807, 2.05) is 22.8 Å². The quantitative estimate of drug-likeness (QED) is 0.721. The first kappa shape index (κ1) is 18.8. The summed E-state index contributed by atoms with van der Waals surface area (Å²) in [4.78, 5) is 31.1. The monoisotopic (exact) mass is 374 g/mol. The zero-order valence-electron chi connectivity index (χ0n) is 15.7. The van der Waals surface area contributed by atoms with Gasteiger partial charge in [0.2, 0.25) is 5.95 Å². The van der Waals surface area contributed by atoms with E-state index in [9.17, 15) is 9.59 Å². The Morgan fingerprint density at radius 3 is 2.78 bits per heavy atom. The molecule has 2 heterocycles. The third-order valence-electron chi connectivity index (χ3n) is 4.92. The maximum Gasteiger partial charge on any atom is 0.404 e. The molecule has 3 rings (SSSR count). The summed E-state index contributed by atoms with van der Waals surface area (Å²) in [7, 11) is 1.80. The van der Waals surface area contributed by atoms with Crippen molar-refractivity contribution in [2.24, 2.45) is 5.73 Å². The number of anilines is 2. The number of benzene rings is 1. The van der Waals surface area contributed by atoms with Crippen LogP contribution in [0.5, 0.6) is 0 Å². The van der Waals surface area contributed by atoms with Crippen LogP contribution in [0.25, 0.3) is 11.0 Å².